The predicted octanol–water partition coefficient (Wildman–Crippen LogP) is -5.68. The smallest absolute Gasteiger partial charge is 0.294 e. The van der Waals surface area contributed by atoms with Crippen LogP contribution >= 0.6 is 0 Å². The Morgan fingerprint density at radius 3 is 1.50 bits per heavy atom. The lowest BCUT2D eigenvalue weighted by molar-refractivity contribution is -0.171. The maximum atomic E-state index is 12.4. The summed E-state index contributed by atoms with van der Waals surface area (Å²) in [6.07, 6.45) is -8.65. The van der Waals surface area contributed by atoms with Crippen molar-refractivity contribution in [1.82, 2.24) is 39.0 Å². The predicted molar refractivity (Wildman–Crippen MR) is 134 cm³/mol. The Morgan fingerprint density at radius 1 is 0.786 bits per heavy atom. The molecule has 0 bridgehead atoms. The molecule has 22 heteroatoms. The largest absolute Gasteiger partial charge is 0.394 e. The third kappa shape index (κ3) is 3.75. The summed E-state index contributed by atoms with van der Waals surface area (Å²) in [6.45, 7) is -1.63. The van der Waals surface area contributed by atoms with Gasteiger partial charge in [0.15, 0.2) is 34.5 Å². The molecule has 224 valence electrons. The first-order valence-electron chi connectivity index (χ1n) is 12.2. The molecule has 0 radical (unpaired) electrons. The number of hydrogen-bond donors (Lipinski definition) is 10. The Morgan fingerprint density at radius 2 is 1.17 bits per heavy atom. The third-order valence-electron chi connectivity index (χ3n) is 7.07. The van der Waals surface area contributed by atoms with Crippen LogP contribution in [0.2, 0.25) is 0 Å². The fraction of sp³-hybridized carbons (Fsp3) is 0.500. The highest BCUT2D eigenvalue weighted by Gasteiger charge is 2.61. The normalized spacial score (nSPS) is 33.5. The number of anilines is 2. The van der Waals surface area contributed by atoms with Gasteiger partial charge < -0.3 is 51.6 Å². The minimum absolute atomic E-state index is 0.279. The zero-order chi connectivity index (χ0) is 30.1. The van der Waals surface area contributed by atoms with Gasteiger partial charge in [-0.15, -0.1) is 10.2 Å². The lowest BCUT2D eigenvalue weighted by Crippen LogP contribution is -2.47. The van der Waals surface area contributed by atoms with Crippen molar-refractivity contribution in [3.8, 4) is 0 Å². The lowest BCUT2D eigenvalue weighted by Gasteiger charge is -2.32. The van der Waals surface area contributed by atoms with Gasteiger partial charge in [-0.2, -0.15) is 9.97 Å². The zero-order valence-corrected chi connectivity index (χ0v) is 21.1. The number of imidazole rings is 2. The molecule has 6 rings (SSSR count). The van der Waals surface area contributed by atoms with E-state index in [9.17, 15) is 40.2 Å². The van der Waals surface area contributed by atoms with Crippen molar-refractivity contribution in [2.75, 3.05) is 24.7 Å². The van der Waals surface area contributed by atoms with E-state index >= 15 is 0 Å². The van der Waals surface area contributed by atoms with Crippen LogP contribution in [0.1, 0.15) is 0 Å². The second kappa shape index (κ2) is 9.57. The van der Waals surface area contributed by atoms with E-state index in [1.807, 2.05) is 0 Å². The van der Waals surface area contributed by atoms with Crippen LogP contribution in [-0.2, 0) is 21.2 Å². The number of aliphatic hydroxyl groups excluding tert-OH is 6. The summed E-state index contributed by atoms with van der Waals surface area (Å²) in [5.41, 5.74) is 8.72. The molecule has 8 atom stereocenters. The minimum Gasteiger partial charge on any atom is -0.394 e. The highest BCUT2D eigenvalue weighted by Crippen LogP contribution is 2.43. The average molecular weight is 592 g/mol. The number of hydrogen-bond acceptors (Lipinski definition) is 18. The summed E-state index contributed by atoms with van der Waals surface area (Å²) in [4.78, 5) is 45.3. The number of nitrogen functional groups attached to an aromatic ring is 2. The number of ether oxygens (including phenoxy) is 2. The van der Waals surface area contributed by atoms with Crippen LogP contribution in [-0.4, -0.2) is 120 Å². The number of aromatic nitrogens is 8. The molecular formula is C20H24N12O10. The van der Waals surface area contributed by atoms with E-state index < -0.39 is 72.7 Å². The molecule has 4 aromatic heterocycles. The van der Waals surface area contributed by atoms with Gasteiger partial charge in [-0.25, -0.2) is 9.97 Å². The fourth-order valence-electron chi connectivity index (χ4n) is 4.99. The van der Waals surface area contributed by atoms with Gasteiger partial charge >= 0.3 is 0 Å². The van der Waals surface area contributed by atoms with Crippen molar-refractivity contribution < 1.29 is 40.1 Å². The summed E-state index contributed by atoms with van der Waals surface area (Å²) < 4.78 is 13.4. The molecule has 0 amide bonds. The third-order valence-corrected chi connectivity index (χ3v) is 7.07. The van der Waals surface area contributed by atoms with Crippen LogP contribution in [0.3, 0.4) is 0 Å². The van der Waals surface area contributed by atoms with E-state index in [1.54, 1.807) is 0 Å². The van der Waals surface area contributed by atoms with Crippen molar-refractivity contribution in [3.63, 3.8) is 0 Å². The fourth-order valence-corrected chi connectivity index (χ4v) is 4.99. The summed E-state index contributed by atoms with van der Waals surface area (Å²) in [6, 6.07) is 0. The Balaban J connectivity index is 1.61. The van der Waals surface area contributed by atoms with E-state index in [0.717, 1.165) is 21.8 Å². The number of nitrogens with one attached hydrogen (secondary N) is 2. The van der Waals surface area contributed by atoms with Crippen molar-refractivity contribution in [1.29, 1.82) is 0 Å². The van der Waals surface area contributed by atoms with Crippen molar-refractivity contribution in [2.45, 2.75) is 48.3 Å². The maximum Gasteiger partial charge on any atom is 0.294 e. The second-order valence-electron chi connectivity index (χ2n) is 9.54. The Hall–Kier alpha value is -4.42. The molecule has 12 N–H and O–H groups in total. The van der Waals surface area contributed by atoms with E-state index in [0.29, 0.717) is 0 Å². The number of aliphatic hydroxyl groups is 6. The molecule has 0 spiro atoms. The average Bonchev–Trinajstić information content (AvgIpc) is 3.69. The first-order valence-corrected chi connectivity index (χ1v) is 12.2. The van der Waals surface area contributed by atoms with E-state index in [-0.39, 0.29) is 34.2 Å². The minimum atomic E-state index is -2.56. The van der Waals surface area contributed by atoms with Crippen LogP contribution in [0, 0.1) is 0 Å². The van der Waals surface area contributed by atoms with E-state index in [4.69, 9.17) is 20.9 Å². The van der Waals surface area contributed by atoms with Gasteiger partial charge in [0, 0.05) is 0 Å². The van der Waals surface area contributed by atoms with Gasteiger partial charge in [0.05, 0.1) is 13.2 Å². The van der Waals surface area contributed by atoms with Crippen LogP contribution < -0.4 is 22.6 Å². The number of H-pyrrole nitrogens is 2. The molecule has 4 aromatic rings. The van der Waals surface area contributed by atoms with Gasteiger partial charge in [-0.3, -0.25) is 28.7 Å². The SMILES string of the molecule is Nc1nc2c(ncn2[C@]2(N=N[C@@]3(n4cnc5c(=O)[nH]c(N)nc54)O[C@H](CO)[C@@H](O)[C@H]3O)O[C@H](CO)[C@@H](O)[C@H]2O)c(=O)[nH]1. The molecule has 0 aromatic carbocycles. The summed E-state index contributed by atoms with van der Waals surface area (Å²) >= 11 is 0. The molecule has 2 saturated heterocycles. The Labute approximate surface area is 230 Å². The van der Waals surface area contributed by atoms with Crippen molar-refractivity contribution >= 4 is 34.2 Å². The molecule has 22 nitrogen and oxygen atoms in total. The lowest BCUT2D eigenvalue weighted by atomic mass is 10.1. The second-order valence-corrected chi connectivity index (χ2v) is 9.54. The van der Waals surface area contributed by atoms with E-state index in [2.05, 4.69) is 40.1 Å². The van der Waals surface area contributed by atoms with E-state index in [1.165, 1.54) is 0 Å². The molecule has 2 aliphatic rings. The first kappa shape index (κ1) is 27.7. The number of aromatic amines is 2. The number of rotatable bonds is 6. The molecule has 42 heavy (non-hydrogen) atoms. The first-order chi connectivity index (χ1) is 20.0. The van der Waals surface area contributed by atoms with Crippen LogP contribution in [0.5, 0.6) is 0 Å². The highest BCUT2D eigenvalue weighted by molar-refractivity contribution is 5.71. The number of azo groups is 1. The monoisotopic (exact) mass is 592 g/mol. The van der Waals surface area contributed by atoms with Gasteiger partial charge in [0.2, 0.25) is 11.9 Å². The molecule has 0 aliphatic carbocycles. The van der Waals surface area contributed by atoms with Crippen molar-refractivity contribution in [2.24, 2.45) is 10.2 Å². The maximum absolute atomic E-state index is 12.4. The van der Waals surface area contributed by atoms with Gasteiger partial charge in [0.1, 0.15) is 37.1 Å². The van der Waals surface area contributed by atoms with Gasteiger partial charge in [-0.1, -0.05) is 0 Å². The molecule has 0 saturated carbocycles. The highest BCUT2D eigenvalue weighted by atomic mass is 16.6. The standard InChI is InChI=1S/C20H24N12O10/c21-17-25-13-7(15(39)27-17)23-3-31(13)19(11(37)9(35)5(1-33)41-19)29-30-20(12(38)10(36)6(2-34)42-20)32-4-24-8-14(32)26-18(22)28-16(8)40/h3-6,9-12,33-38H,1-2H2,(H3,21,25,27,39)(H3,22,26,28,40)/t5-,6-,9-,10-,11-,12-,19+,20+/m1/s1. The van der Waals surface area contributed by atoms with Gasteiger partial charge in [-0.05, 0) is 0 Å². The Bertz CT molecular complexity index is 1690. The quantitative estimate of drug-likeness (QED) is 0.0932. The molecule has 2 aliphatic heterocycles. The molecule has 2 fully saturated rings. The van der Waals surface area contributed by atoms with Crippen LogP contribution in [0.15, 0.2) is 32.5 Å². The zero-order valence-electron chi connectivity index (χ0n) is 21.1. The van der Waals surface area contributed by atoms with Gasteiger partial charge in [0.25, 0.3) is 22.8 Å². The molecule has 6 heterocycles. The molecule has 0 unspecified atom stereocenters. The summed E-state index contributed by atoms with van der Waals surface area (Å²) in [5.74, 6) is -5.83. The van der Waals surface area contributed by atoms with Crippen LogP contribution in [0.25, 0.3) is 22.3 Å². The summed E-state index contributed by atoms with van der Waals surface area (Å²) in [5, 5.41) is 71.6. The summed E-state index contributed by atoms with van der Waals surface area (Å²) in [7, 11) is 0. The number of nitrogens with zero attached hydrogens (tertiary/aromatic N) is 8. The topological polar surface area (TPSA) is 344 Å². The number of nitrogens with two attached hydrogens (primary N) is 2. The van der Waals surface area contributed by atoms with Crippen LogP contribution in [0.4, 0.5) is 11.9 Å². The van der Waals surface area contributed by atoms with Crippen molar-refractivity contribution in [3.05, 3.63) is 33.4 Å². The number of fused-ring (bicyclic) bond motifs is 2. The molecular weight excluding hydrogens is 568 g/mol. The Kier molecular flexibility index (Phi) is 6.32.